The predicted molar refractivity (Wildman–Crippen MR) is 117 cm³/mol. The third-order valence-electron chi connectivity index (χ3n) is 5.40. The summed E-state index contributed by atoms with van der Waals surface area (Å²) in [6, 6.07) is 13.6. The number of carbonyl (C=O) groups excluding carboxylic acids is 3. The molecule has 0 radical (unpaired) electrons. The molecule has 8 heteroatoms. The molecule has 4 amide bonds. The van der Waals surface area contributed by atoms with Gasteiger partial charge in [-0.1, -0.05) is 17.7 Å². The lowest BCUT2D eigenvalue weighted by atomic mass is 10.1. The fourth-order valence-corrected chi connectivity index (χ4v) is 3.87. The lowest BCUT2D eigenvalue weighted by molar-refractivity contribution is -0.122. The SMILES string of the molecule is Cc1ccc(-n2cccc2/C=C2\C(=O)NC(=O)N(c3ccc4c(c3)OCO4)C2=O)c(C)c1. The molecule has 0 bridgehead atoms. The molecule has 1 aromatic heterocycles. The monoisotopic (exact) mass is 429 g/mol. The third kappa shape index (κ3) is 3.22. The van der Waals surface area contributed by atoms with Crippen molar-refractivity contribution in [2.75, 3.05) is 11.7 Å². The number of nitrogens with one attached hydrogen (secondary N) is 1. The van der Waals surface area contributed by atoms with Crippen LogP contribution in [0.3, 0.4) is 0 Å². The normalized spacial score (nSPS) is 16.6. The summed E-state index contributed by atoms with van der Waals surface area (Å²) in [5, 5.41) is 2.24. The summed E-state index contributed by atoms with van der Waals surface area (Å²) in [6.45, 7) is 4.08. The molecule has 1 saturated heterocycles. The van der Waals surface area contributed by atoms with E-state index in [0.717, 1.165) is 21.7 Å². The molecule has 0 spiro atoms. The first-order valence-electron chi connectivity index (χ1n) is 9.98. The van der Waals surface area contributed by atoms with Crippen LogP contribution in [0.15, 0.2) is 60.3 Å². The number of hydrogen-bond donors (Lipinski definition) is 1. The Balaban J connectivity index is 1.54. The summed E-state index contributed by atoms with van der Waals surface area (Å²) < 4.78 is 12.5. The van der Waals surface area contributed by atoms with Crippen molar-refractivity contribution in [3.8, 4) is 17.2 Å². The van der Waals surface area contributed by atoms with Crippen LogP contribution in [0.4, 0.5) is 10.5 Å². The zero-order chi connectivity index (χ0) is 22.4. The zero-order valence-corrected chi connectivity index (χ0v) is 17.4. The first-order chi connectivity index (χ1) is 15.4. The van der Waals surface area contributed by atoms with Gasteiger partial charge in [0.2, 0.25) is 6.79 Å². The Kier molecular flexibility index (Phi) is 4.55. The molecule has 0 unspecified atom stereocenters. The number of urea groups is 1. The van der Waals surface area contributed by atoms with E-state index in [1.165, 1.54) is 12.1 Å². The highest BCUT2D eigenvalue weighted by Crippen LogP contribution is 2.36. The third-order valence-corrected chi connectivity index (χ3v) is 5.40. The Labute approximate surface area is 183 Å². The van der Waals surface area contributed by atoms with Crippen LogP contribution in [-0.4, -0.2) is 29.2 Å². The highest BCUT2D eigenvalue weighted by Gasteiger charge is 2.37. The number of imide groups is 2. The van der Waals surface area contributed by atoms with E-state index in [0.29, 0.717) is 17.2 Å². The second-order valence-electron chi connectivity index (χ2n) is 7.59. The van der Waals surface area contributed by atoms with Crippen LogP contribution in [0.2, 0.25) is 0 Å². The Morgan fingerprint density at radius 3 is 2.59 bits per heavy atom. The molecule has 2 aromatic carbocycles. The van der Waals surface area contributed by atoms with Crippen LogP contribution in [0, 0.1) is 13.8 Å². The van der Waals surface area contributed by atoms with Crippen LogP contribution in [0.25, 0.3) is 11.8 Å². The molecule has 8 nitrogen and oxygen atoms in total. The average Bonchev–Trinajstić information content (AvgIpc) is 3.40. The Hall–Kier alpha value is -4.33. The molecule has 2 aliphatic rings. The molecule has 1 fully saturated rings. The standard InChI is InChI=1S/C24H19N3O5/c1-14-5-7-19(15(2)10-14)26-9-3-4-16(26)11-18-22(28)25-24(30)27(23(18)29)17-6-8-20-21(12-17)32-13-31-20/h3-12H,13H2,1-2H3,(H,25,28,30)/b18-11+. The number of amides is 4. The van der Waals surface area contributed by atoms with Crippen LogP contribution >= 0.6 is 0 Å². The number of carbonyl (C=O) groups is 3. The number of rotatable bonds is 3. The van der Waals surface area contributed by atoms with E-state index >= 15 is 0 Å². The summed E-state index contributed by atoms with van der Waals surface area (Å²) in [5.74, 6) is -0.512. The van der Waals surface area contributed by atoms with Crippen molar-refractivity contribution >= 4 is 29.6 Å². The molecule has 3 heterocycles. The van der Waals surface area contributed by atoms with Gasteiger partial charge in [-0.2, -0.15) is 0 Å². The van der Waals surface area contributed by atoms with E-state index < -0.39 is 17.8 Å². The lowest BCUT2D eigenvalue weighted by Gasteiger charge is -2.26. The first kappa shape index (κ1) is 19.6. The van der Waals surface area contributed by atoms with Gasteiger partial charge in [-0.05, 0) is 55.8 Å². The van der Waals surface area contributed by atoms with E-state index in [9.17, 15) is 14.4 Å². The van der Waals surface area contributed by atoms with Crippen LogP contribution in [-0.2, 0) is 9.59 Å². The maximum atomic E-state index is 13.2. The molecule has 0 saturated carbocycles. The van der Waals surface area contributed by atoms with Crippen molar-refractivity contribution in [2.24, 2.45) is 0 Å². The van der Waals surface area contributed by atoms with E-state index in [2.05, 4.69) is 11.4 Å². The van der Waals surface area contributed by atoms with Crippen LogP contribution < -0.4 is 19.7 Å². The minimum Gasteiger partial charge on any atom is -0.454 e. The lowest BCUT2D eigenvalue weighted by Crippen LogP contribution is -2.54. The van der Waals surface area contributed by atoms with Crippen LogP contribution in [0.5, 0.6) is 11.5 Å². The largest absolute Gasteiger partial charge is 0.454 e. The van der Waals surface area contributed by atoms with Gasteiger partial charge in [0.25, 0.3) is 11.8 Å². The van der Waals surface area contributed by atoms with Gasteiger partial charge in [0, 0.05) is 23.6 Å². The molecule has 0 atom stereocenters. The van der Waals surface area contributed by atoms with E-state index in [-0.39, 0.29) is 18.1 Å². The predicted octanol–water partition coefficient (Wildman–Crippen LogP) is 3.49. The molecule has 1 N–H and O–H groups in total. The van der Waals surface area contributed by atoms with Gasteiger partial charge in [-0.15, -0.1) is 0 Å². The van der Waals surface area contributed by atoms with E-state index in [1.54, 1.807) is 18.2 Å². The van der Waals surface area contributed by atoms with Gasteiger partial charge in [-0.3, -0.25) is 14.9 Å². The molecule has 160 valence electrons. The summed E-state index contributed by atoms with van der Waals surface area (Å²) >= 11 is 0. The molecule has 3 aromatic rings. The molecule has 0 aliphatic carbocycles. The van der Waals surface area contributed by atoms with Crippen molar-refractivity contribution in [1.29, 1.82) is 0 Å². The molecular formula is C24H19N3O5. The summed E-state index contributed by atoms with van der Waals surface area (Å²) in [6.07, 6.45) is 3.35. The van der Waals surface area contributed by atoms with Gasteiger partial charge < -0.3 is 14.0 Å². The number of benzene rings is 2. The Bertz CT molecular complexity index is 1320. The average molecular weight is 429 g/mol. The number of nitrogens with zero attached hydrogens (tertiary/aromatic N) is 2. The van der Waals surface area contributed by atoms with E-state index in [1.807, 2.05) is 42.8 Å². The minimum atomic E-state index is -0.819. The summed E-state index contributed by atoms with van der Waals surface area (Å²) in [5.41, 5.74) is 3.89. The smallest absolute Gasteiger partial charge is 0.335 e. The quantitative estimate of drug-likeness (QED) is 0.509. The van der Waals surface area contributed by atoms with E-state index in [4.69, 9.17) is 9.47 Å². The number of barbiturate groups is 1. The van der Waals surface area contributed by atoms with Gasteiger partial charge in [0.15, 0.2) is 11.5 Å². The number of fused-ring (bicyclic) bond motifs is 1. The van der Waals surface area contributed by atoms with Crippen molar-refractivity contribution in [1.82, 2.24) is 9.88 Å². The van der Waals surface area contributed by atoms with Crippen molar-refractivity contribution in [2.45, 2.75) is 13.8 Å². The second kappa shape index (κ2) is 7.42. The number of ether oxygens (including phenoxy) is 2. The van der Waals surface area contributed by atoms with Gasteiger partial charge in [0.1, 0.15) is 5.57 Å². The number of anilines is 1. The Morgan fingerprint density at radius 2 is 1.78 bits per heavy atom. The maximum absolute atomic E-state index is 13.2. The molecule has 2 aliphatic heterocycles. The van der Waals surface area contributed by atoms with Crippen molar-refractivity contribution in [3.63, 3.8) is 0 Å². The van der Waals surface area contributed by atoms with Gasteiger partial charge >= 0.3 is 6.03 Å². The summed E-state index contributed by atoms with van der Waals surface area (Å²) in [7, 11) is 0. The molecule has 32 heavy (non-hydrogen) atoms. The van der Waals surface area contributed by atoms with Gasteiger partial charge in [0.05, 0.1) is 5.69 Å². The highest BCUT2D eigenvalue weighted by atomic mass is 16.7. The summed E-state index contributed by atoms with van der Waals surface area (Å²) in [4.78, 5) is 39.2. The number of aryl methyl sites for hydroxylation is 2. The number of hydrogen-bond acceptors (Lipinski definition) is 5. The maximum Gasteiger partial charge on any atom is 0.335 e. The fourth-order valence-electron chi connectivity index (χ4n) is 3.87. The molecular weight excluding hydrogens is 410 g/mol. The first-order valence-corrected chi connectivity index (χ1v) is 9.98. The van der Waals surface area contributed by atoms with Crippen molar-refractivity contribution < 1.29 is 23.9 Å². The zero-order valence-electron chi connectivity index (χ0n) is 17.4. The van der Waals surface area contributed by atoms with Gasteiger partial charge in [-0.25, -0.2) is 9.69 Å². The topological polar surface area (TPSA) is 89.9 Å². The Morgan fingerprint density at radius 1 is 0.969 bits per heavy atom. The van der Waals surface area contributed by atoms with Crippen molar-refractivity contribution in [3.05, 3.63) is 77.1 Å². The molecule has 5 rings (SSSR count). The van der Waals surface area contributed by atoms with Crippen LogP contribution in [0.1, 0.15) is 16.8 Å². The highest BCUT2D eigenvalue weighted by molar-refractivity contribution is 6.39. The minimum absolute atomic E-state index is 0.0674. The number of aromatic nitrogens is 1. The fraction of sp³-hybridized carbons (Fsp3) is 0.125. The second-order valence-corrected chi connectivity index (χ2v) is 7.59.